The van der Waals surface area contributed by atoms with Crippen LogP contribution in [0, 0.1) is 17.5 Å². The van der Waals surface area contributed by atoms with Crippen molar-refractivity contribution in [2.75, 3.05) is 54.0 Å². The van der Waals surface area contributed by atoms with Crippen molar-refractivity contribution in [3.05, 3.63) is 234 Å². The van der Waals surface area contributed by atoms with Crippen LogP contribution >= 0.6 is 23.2 Å². The predicted octanol–water partition coefficient (Wildman–Crippen LogP) is 10.2. The van der Waals surface area contributed by atoms with E-state index in [1.54, 1.807) is 61.2 Å². The van der Waals surface area contributed by atoms with Gasteiger partial charge in [-0.2, -0.15) is 15.3 Å². The smallest absolute Gasteiger partial charge is 0.356 e. The van der Waals surface area contributed by atoms with Crippen molar-refractivity contribution in [1.82, 2.24) is 68.1 Å². The second-order valence-electron chi connectivity index (χ2n) is 21.4. The molecule has 0 spiro atoms. The van der Waals surface area contributed by atoms with E-state index in [9.17, 15) is 27.6 Å². The number of nitrogens with zero attached hydrogens (tertiary/aromatic N) is 15. The number of carbonyl (C=O) groups excluding carboxylic acids is 2. The van der Waals surface area contributed by atoms with Gasteiger partial charge in [-0.25, -0.2) is 47.0 Å². The van der Waals surface area contributed by atoms with E-state index in [2.05, 4.69) is 66.0 Å². The van der Waals surface area contributed by atoms with Gasteiger partial charge in [0.05, 0.1) is 43.7 Å². The molecule has 15 rings (SSSR count). The van der Waals surface area contributed by atoms with Gasteiger partial charge >= 0.3 is 5.97 Å². The van der Waals surface area contributed by atoms with Crippen LogP contribution < -0.4 is 31.1 Å². The summed E-state index contributed by atoms with van der Waals surface area (Å²) in [5.41, 5.74) is 11.1. The minimum absolute atomic E-state index is 0.00681. The molecule has 3 saturated heterocycles. The fraction of sp³-hybridized carbons (Fsp3) is 0.215. The number of hydrogen-bond donors (Lipinski definition) is 4. The number of nitrogens with two attached hydrogens (primary N) is 1. The number of anilines is 3. The maximum atomic E-state index is 13.7. The summed E-state index contributed by atoms with van der Waals surface area (Å²) >= 11 is 11.2. The molecule has 0 unspecified atom stereocenters. The molecule has 12 heterocycles. The maximum absolute atomic E-state index is 13.7. The predicted molar refractivity (Wildman–Crippen MR) is 345 cm³/mol. The highest BCUT2D eigenvalue weighted by molar-refractivity contribution is 6.31. The van der Waals surface area contributed by atoms with E-state index in [1.807, 2.05) is 96.4 Å². The zero-order valence-corrected chi connectivity index (χ0v) is 51.4. The van der Waals surface area contributed by atoms with Crippen LogP contribution in [0.1, 0.15) is 64.6 Å². The van der Waals surface area contributed by atoms with Crippen molar-refractivity contribution in [3.8, 4) is 17.1 Å². The van der Waals surface area contributed by atoms with Crippen LogP contribution in [-0.2, 0) is 0 Å². The van der Waals surface area contributed by atoms with Crippen LogP contribution in [0.5, 0.6) is 0 Å². The van der Waals surface area contributed by atoms with Crippen LogP contribution in [-0.4, -0.2) is 138 Å². The molecule has 3 aliphatic rings. The lowest BCUT2D eigenvalue weighted by atomic mass is 10.2. The topological polar surface area (TPSA) is 237 Å². The molecule has 0 aliphatic carbocycles. The molecule has 3 aliphatic heterocycles. The number of nitrogens with one attached hydrogen (secondary N) is 2. The Morgan fingerprint density at radius 1 is 0.489 bits per heavy atom. The molecule has 0 radical (unpaired) electrons. The first-order valence-electron chi connectivity index (χ1n) is 29.6. The molecule has 3 fully saturated rings. The number of fused-ring (bicyclic) bond motifs is 3. The number of carboxylic acid groups (broad SMARTS) is 1. The summed E-state index contributed by atoms with van der Waals surface area (Å²) in [5.74, 6) is -0.201. The molecule has 5 N–H and O–H groups in total. The Morgan fingerprint density at radius 3 is 1.28 bits per heavy atom. The molecule has 9 aromatic heterocycles. The molecular formula is C65H63Cl2F3N18O4. The fourth-order valence-electron chi connectivity index (χ4n) is 10.9. The van der Waals surface area contributed by atoms with Crippen molar-refractivity contribution < 1.29 is 32.7 Å². The molecule has 0 saturated carbocycles. The van der Waals surface area contributed by atoms with Crippen molar-refractivity contribution in [2.24, 2.45) is 5.73 Å². The molecule has 12 aromatic rings. The molecule has 472 valence electrons. The van der Waals surface area contributed by atoms with Gasteiger partial charge in [-0.1, -0.05) is 43.1 Å². The average molecular weight is 1290 g/mol. The second-order valence-corrected chi connectivity index (χ2v) is 22.2. The van der Waals surface area contributed by atoms with Crippen LogP contribution in [0.15, 0.2) is 190 Å². The number of amides is 2. The Kier molecular flexibility index (Phi) is 19.6. The summed E-state index contributed by atoms with van der Waals surface area (Å²) in [7, 11) is 0. The van der Waals surface area contributed by atoms with Crippen molar-refractivity contribution in [3.63, 3.8) is 0 Å². The number of benzene rings is 3. The van der Waals surface area contributed by atoms with E-state index in [-0.39, 0.29) is 51.1 Å². The van der Waals surface area contributed by atoms with E-state index in [1.165, 1.54) is 62.7 Å². The van der Waals surface area contributed by atoms with Gasteiger partial charge < -0.3 is 49.4 Å². The van der Waals surface area contributed by atoms with Crippen molar-refractivity contribution in [2.45, 2.75) is 51.2 Å². The number of carboxylic acids is 1. The van der Waals surface area contributed by atoms with E-state index in [4.69, 9.17) is 34.0 Å². The van der Waals surface area contributed by atoms with Gasteiger partial charge in [-0.3, -0.25) is 9.59 Å². The largest absolute Gasteiger partial charge is 0.476 e. The van der Waals surface area contributed by atoms with Crippen molar-refractivity contribution in [1.29, 1.82) is 0 Å². The Hall–Kier alpha value is -10.5. The monoisotopic (exact) mass is 1290 g/mol. The number of rotatable bonds is 11. The molecule has 3 atom stereocenters. The maximum Gasteiger partial charge on any atom is 0.356 e. The van der Waals surface area contributed by atoms with Crippen LogP contribution in [0.2, 0.25) is 10.0 Å². The van der Waals surface area contributed by atoms with Crippen molar-refractivity contribution >= 4 is 75.0 Å². The first-order chi connectivity index (χ1) is 44.7. The van der Waals surface area contributed by atoms with Crippen LogP contribution in [0.4, 0.5) is 30.6 Å². The Labute approximate surface area is 535 Å². The normalized spacial score (nSPS) is 15.9. The third kappa shape index (κ3) is 14.5. The molecule has 3 aromatic carbocycles. The quantitative estimate of drug-likeness (QED) is 0.0943. The van der Waals surface area contributed by atoms with Crippen LogP contribution in [0.25, 0.3) is 33.6 Å². The first-order valence-corrected chi connectivity index (χ1v) is 30.4. The zero-order valence-electron chi connectivity index (χ0n) is 49.8. The molecule has 27 heteroatoms. The van der Waals surface area contributed by atoms with Gasteiger partial charge in [-0.05, 0) is 116 Å². The molecular weight excluding hydrogens is 1220 g/mol. The number of halogens is 5. The van der Waals surface area contributed by atoms with Crippen LogP contribution in [0.3, 0.4) is 0 Å². The summed E-state index contributed by atoms with van der Waals surface area (Å²) in [5, 5.41) is 27.1. The number of aromatic carboxylic acids is 1. The summed E-state index contributed by atoms with van der Waals surface area (Å²) in [6.07, 6.45) is 24.6. The number of aromatic nitrogens is 12. The first kappa shape index (κ1) is 63.1. The molecule has 0 bridgehead atoms. The van der Waals surface area contributed by atoms with Gasteiger partial charge in [0.25, 0.3) is 11.8 Å². The highest BCUT2D eigenvalue weighted by atomic mass is 35.5. The third-order valence-electron chi connectivity index (χ3n) is 15.3. The second kappa shape index (κ2) is 28.5. The average Bonchev–Trinajstić information content (AvgIpc) is 2.00. The summed E-state index contributed by atoms with van der Waals surface area (Å²) in [6, 6.07) is 31.6. The lowest BCUT2D eigenvalue weighted by Gasteiger charge is -2.18. The highest BCUT2D eigenvalue weighted by Gasteiger charge is 2.29. The van der Waals surface area contributed by atoms with E-state index >= 15 is 0 Å². The fourth-order valence-corrected chi connectivity index (χ4v) is 11.1. The lowest BCUT2D eigenvalue weighted by molar-refractivity contribution is 0.0689. The minimum Gasteiger partial charge on any atom is -0.476 e. The SMILES string of the molecule is CC.N[C@H]1CCN(c2nccn3cccc23)C1.O=C(N[C@H]1CCN(c2nccn3cccc23)C1)c1ccn(-c2ccc(Cl)c(F)c2)n1.O=C(N[C@H]1CCN(c2nccn3cccc23)C1)c1ccn(-c2cccc(F)c2)n1.O=C(O)c1ccn(-c2ccc(Cl)c(F)c2)n1. The summed E-state index contributed by atoms with van der Waals surface area (Å²) < 4.78 is 50.6. The molecule has 2 amide bonds. The third-order valence-corrected chi connectivity index (χ3v) is 15.9. The van der Waals surface area contributed by atoms with E-state index in [0.717, 1.165) is 79.4 Å². The summed E-state index contributed by atoms with van der Waals surface area (Å²) in [6.45, 7) is 8.92. The molecule has 92 heavy (non-hydrogen) atoms. The summed E-state index contributed by atoms with van der Waals surface area (Å²) in [4.78, 5) is 56.0. The lowest BCUT2D eigenvalue weighted by Crippen LogP contribution is -2.37. The zero-order chi connectivity index (χ0) is 64.4. The van der Waals surface area contributed by atoms with Gasteiger partial charge in [0, 0.05) is 144 Å². The minimum atomic E-state index is -1.13. The van der Waals surface area contributed by atoms with E-state index in [0.29, 0.717) is 41.9 Å². The van der Waals surface area contributed by atoms with Gasteiger partial charge in [-0.15, -0.1) is 0 Å². The van der Waals surface area contributed by atoms with Gasteiger partial charge in [0.2, 0.25) is 0 Å². The standard InChI is InChI=1S/C21H18ClFN6O.C21H19FN6O.C11H14N4.C10H6ClFN2O2.C2H6/c22-16-4-3-15(12-17(16)23)29-10-6-18(26-29)21(30)25-14-5-9-28(13-14)20-19-2-1-8-27(19)11-7-24-20;22-15-3-1-4-17(13-15)28-11-7-18(25-28)21(29)24-16-6-10-27(14-16)20-19-5-2-9-26(19)12-8-23-20;12-9-3-6-15(8-9)11-10-2-1-5-14(10)7-4-13-11;11-7-2-1-6(5-8(7)12)14-4-3-9(13-14)10(15)16;1-2/h1-4,6-8,10-12,14H,5,9,13H2,(H,25,30);1-5,7-9,11-13,16H,6,10,14H2,(H,24,29);1-2,4-5,7,9H,3,6,8,12H2;1-5H,(H,15,16);1-2H3/t14-;16-;9-;;/m000../s1. The van der Waals surface area contributed by atoms with Gasteiger partial charge in [0.15, 0.2) is 34.5 Å². The Balaban J connectivity index is 0.000000130. The highest BCUT2D eigenvalue weighted by Crippen LogP contribution is 2.27. The Morgan fingerprint density at radius 2 is 0.891 bits per heavy atom. The number of hydrogen-bond acceptors (Lipinski definition) is 13. The van der Waals surface area contributed by atoms with Gasteiger partial charge in [0.1, 0.15) is 17.5 Å². The number of carbonyl (C=O) groups is 3. The van der Waals surface area contributed by atoms with E-state index < -0.39 is 17.6 Å². The Bertz CT molecular complexity index is 4540. The molecule has 22 nitrogen and oxygen atoms in total.